The number of alkyl halides is 3. The van der Waals surface area contributed by atoms with E-state index in [0.29, 0.717) is 0 Å². The van der Waals surface area contributed by atoms with Gasteiger partial charge < -0.3 is 10.5 Å². The van der Waals surface area contributed by atoms with Gasteiger partial charge in [0.05, 0.1) is 18.2 Å². The SMILES string of the molecule is NC(=S)C(COCc1ccccc1)C(F)(F)F. The fourth-order valence-electron chi connectivity index (χ4n) is 1.21. The van der Waals surface area contributed by atoms with Gasteiger partial charge in [0.25, 0.3) is 0 Å². The first-order valence-corrected chi connectivity index (χ1v) is 5.30. The van der Waals surface area contributed by atoms with Crippen LogP contribution >= 0.6 is 12.2 Å². The van der Waals surface area contributed by atoms with E-state index in [1.165, 1.54) is 0 Å². The van der Waals surface area contributed by atoms with Crippen LogP contribution in [0.2, 0.25) is 0 Å². The standard InChI is InChI=1S/C11H12F3NOS/c12-11(13,14)9(10(15)17)7-16-6-8-4-2-1-3-5-8/h1-5,9H,6-7H2,(H2,15,17). The van der Waals surface area contributed by atoms with Gasteiger partial charge in [-0.2, -0.15) is 13.2 Å². The number of hydrogen-bond acceptors (Lipinski definition) is 2. The van der Waals surface area contributed by atoms with Crippen molar-refractivity contribution < 1.29 is 17.9 Å². The Labute approximate surface area is 103 Å². The predicted molar refractivity (Wildman–Crippen MR) is 62.4 cm³/mol. The highest BCUT2D eigenvalue weighted by atomic mass is 32.1. The van der Waals surface area contributed by atoms with Gasteiger partial charge in [0, 0.05) is 0 Å². The minimum Gasteiger partial charge on any atom is -0.393 e. The molecule has 2 nitrogen and oxygen atoms in total. The number of thiocarbonyl (C=S) groups is 1. The molecule has 1 rings (SSSR count). The molecule has 0 spiro atoms. The molecule has 6 heteroatoms. The maximum Gasteiger partial charge on any atom is 0.400 e. The van der Waals surface area contributed by atoms with E-state index in [-0.39, 0.29) is 6.61 Å². The van der Waals surface area contributed by atoms with E-state index in [0.717, 1.165) is 5.56 Å². The highest BCUT2D eigenvalue weighted by molar-refractivity contribution is 7.80. The van der Waals surface area contributed by atoms with Crippen molar-refractivity contribution in [3.63, 3.8) is 0 Å². The van der Waals surface area contributed by atoms with Gasteiger partial charge in [-0.15, -0.1) is 0 Å². The maximum absolute atomic E-state index is 12.4. The molecule has 17 heavy (non-hydrogen) atoms. The predicted octanol–water partition coefficient (Wildman–Crippen LogP) is 2.67. The molecule has 0 aliphatic rings. The lowest BCUT2D eigenvalue weighted by Crippen LogP contribution is -2.37. The zero-order valence-corrected chi connectivity index (χ0v) is 9.72. The minimum atomic E-state index is -4.46. The number of nitrogens with two attached hydrogens (primary N) is 1. The summed E-state index contributed by atoms with van der Waals surface area (Å²) >= 11 is 4.37. The molecule has 0 saturated carbocycles. The number of rotatable bonds is 5. The van der Waals surface area contributed by atoms with Crippen molar-refractivity contribution in [2.75, 3.05) is 6.61 Å². The van der Waals surface area contributed by atoms with E-state index in [9.17, 15) is 13.2 Å². The van der Waals surface area contributed by atoms with Crippen LogP contribution < -0.4 is 5.73 Å². The third-order valence-corrected chi connectivity index (χ3v) is 2.42. The Balaban J connectivity index is 2.46. The molecule has 0 aliphatic carbocycles. The first-order chi connectivity index (χ1) is 7.91. The van der Waals surface area contributed by atoms with E-state index in [1.54, 1.807) is 24.3 Å². The topological polar surface area (TPSA) is 35.2 Å². The Bertz CT molecular complexity index is 367. The average molecular weight is 263 g/mol. The molecule has 1 atom stereocenters. The summed E-state index contributed by atoms with van der Waals surface area (Å²) in [6.07, 6.45) is -4.46. The lowest BCUT2D eigenvalue weighted by atomic mass is 10.1. The lowest BCUT2D eigenvalue weighted by Gasteiger charge is -2.18. The van der Waals surface area contributed by atoms with Crippen LogP contribution in [0.1, 0.15) is 5.56 Å². The van der Waals surface area contributed by atoms with Gasteiger partial charge in [-0.05, 0) is 5.56 Å². The summed E-state index contributed by atoms with van der Waals surface area (Å²) in [5, 5.41) is 0. The van der Waals surface area contributed by atoms with Crippen molar-refractivity contribution >= 4 is 17.2 Å². The van der Waals surface area contributed by atoms with E-state index < -0.39 is 23.7 Å². The van der Waals surface area contributed by atoms with E-state index >= 15 is 0 Å². The Morgan fingerprint density at radius 2 is 1.88 bits per heavy atom. The summed E-state index contributed by atoms with van der Waals surface area (Å²) in [6, 6.07) is 8.92. The van der Waals surface area contributed by atoms with Crippen LogP contribution in [0.4, 0.5) is 13.2 Å². The van der Waals surface area contributed by atoms with Gasteiger partial charge in [0.2, 0.25) is 0 Å². The molecule has 1 unspecified atom stereocenters. The molecule has 0 amide bonds. The first kappa shape index (κ1) is 13.9. The van der Waals surface area contributed by atoms with Crippen LogP contribution in [0.15, 0.2) is 30.3 Å². The smallest absolute Gasteiger partial charge is 0.393 e. The molecular formula is C11H12F3NOS. The van der Waals surface area contributed by atoms with Gasteiger partial charge in [0.1, 0.15) is 5.92 Å². The molecular weight excluding hydrogens is 251 g/mol. The molecule has 0 heterocycles. The highest BCUT2D eigenvalue weighted by Crippen LogP contribution is 2.26. The Morgan fingerprint density at radius 3 is 2.35 bits per heavy atom. The zero-order valence-electron chi connectivity index (χ0n) is 8.91. The quantitative estimate of drug-likeness (QED) is 0.829. The van der Waals surface area contributed by atoms with Gasteiger partial charge in [-0.1, -0.05) is 42.5 Å². The second-order valence-electron chi connectivity index (χ2n) is 3.50. The average Bonchev–Trinajstić information content (AvgIpc) is 2.23. The summed E-state index contributed by atoms with van der Waals surface area (Å²) in [7, 11) is 0. The number of halogens is 3. The summed E-state index contributed by atoms with van der Waals surface area (Å²) in [4.78, 5) is -0.592. The number of hydrogen-bond donors (Lipinski definition) is 1. The molecule has 0 aromatic heterocycles. The molecule has 0 radical (unpaired) electrons. The normalized spacial score (nSPS) is 13.4. The van der Waals surface area contributed by atoms with Crippen LogP contribution in [-0.2, 0) is 11.3 Å². The fourth-order valence-corrected chi connectivity index (χ4v) is 1.41. The van der Waals surface area contributed by atoms with E-state index in [1.807, 2.05) is 6.07 Å². The highest BCUT2D eigenvalue weighted by Gasteiger charge is 2.41. The van der Waals surface area contributed by atoms with Crippen molar-refractivity contribution in [1.82, 2.24) is 0 Å². The molecule has 94 valence electrons. The molecule has 2 N–H and O–H groups in total. The van der Waals surface area contributed by atoms with Crippen molar-refractivity contribution in [2.45, 2.75) is 12.8 Å². The Morgan fingerprint density at radius 1 is 1.29 bits per heavy atom. The third kappa shape index (κ3) is 4.70. The summed E-state index contributed by atoms with van der Waals surface area (Å²) in [6.45, 7) is -0.441. The minimum absolute atomic E-state index is 0.107. The molecule has 0 saturated heterocycles. The molecule has 0 bridgehead atoms. The first-order valence-electron chi connectivity index (χ1n) is 4.89. The van der Waals surface area contributed by atoms with Crippen LogP contribution in [-0.4, -0.2) is 17.8 Å². The fraction of sp³-hybridized carbons (Fsp3) is 0.364. The van der Waals surface area contributed by atoms with Crippen LogP contribution in [0.25, 0.3) is 0 Å². The van der Waals surface area contributed by atoms with Gasteiger partial charge in [-0.3, -0.25) is 0 Å². The molecule has 1 aromatic rings. The second-order valence-corrected chi connectivity index (χ2v) is 3.97. The zero-order chi connectivity index (χ0) is 12.9. The van der Waals surface area contributed by atoms with Crippen molar-refractivity contribution in [3.8, 4) is 0 Å². The molecule has 1 aromatic carbocycles. The molecule has 0 fully saturated rings. The lowest BCUT2D eigenvalue weighted by molar-refractivity contribution is -0.168. The van der Waals surface area contributed by atoms with Gasteiger partial charge >= 0.3 is 6.18 Å². The second kappa shape index (κ2) is 5.97. The largest absolute Gasteiger partial charge is 0.400 e. The number of ether oxygens (including phenoxy) is 1. The third-order valence-electron chi connectivity index (χ3n) is 2.13. The summed E-state index contributed by atoms with van der Waals surface area (Å²) in [5.74, 6) is -1.89. The van der Waals surface area contributed by atoms with Gasteiger partial charge in [-0.25, -0.2) is 0 Å². The Kier molecular flexibility index (Phi) is 4.89. The monoisotopic (exact) mass is 263 g/mol. The maximum atomic E-state index is 12.4. The van der Waals surface area contributed by atoms with E-state index in [2.05, 4.69) is 12.2 Å². The summed E-state index contributed by atoms with van der Waals surface area (Å²) < 4.78 is 42.3. The van der Waals surface area contributed by atoms with Crippen LogP contribution in [0, 0.1) is 5.92 Å². The Hall–Kier alpha value is -1.14. The van der Waals surface area contributed by atoms with Crippen LogP contribution in [0.5, 0.6) is 0 Å². The summed E-state index contributed by atoms with van der Waals surface area (Å²) in [5.41, 5.74) is 5.84. The van der Waals surface area contributed by atoms with Gasteiger partial charge in [0.15, 0.2) is 0 Å². The van der Waals surface area contributed by atoms with Crippen molar-refractivity contribution in [2.24, 2.45) is 11.7 Å². The van der Waals surface area contributed by atoms with Crippen molar-refractivity contribution in [1.29, 1.82) is 0 Å². The number of benzene rings is 1. The van der Waals surface area contributed by atoms with Crippen molar-refractivity contribution in [3.05, 3.63) is 35.9 Å². The molecule has 0 aliphatic heterocycles. The van der Waals surface area contributed by atoms with E-state index in [4.69, 9.17) is 10.5 Å². The van der Waals surface area contributed by atoms with Crippen LogP contribution in [0.3, 0.4) is 0 Å².